The quantitative estimate of drug-likeness (QED) is 0.762. The maximum Gasteiger partial charge on any atom is 0.106 e. The molecule has 0 saturated carbocycles. The number of thioether (sulfide) groups is 1. The highest BCUT2D eigenvalue weighted by molar-refractivity contribution is 7.99. The van der Waals surface area contributed by atoms with Crippen molar-refractivity contribution in [3.8, 4) is 6.07 Å². The second-order valence-corrected chi connectivity index (χ2v) is 4.61. The van der Waals surface area contributed by atoms with Gasteiger partial charge in [0, 0.05) is 5.75 Å². The van der Waals surface area contributed by atoms with Crippen molar-refractivity contribution in [2.45, 2.75) is 18.3 Å². The molecule has 1 aliphatic rings. The first-order valence-corrected chi connectivity index (χ1v) is 5.68. The summed E-state index contributed by atoms with van der Waals surface area (Å²) in [6, 6.07) is 10.7. The van der Waals surface area contributed by atoms with Crippen LogP contribution in [0.5, 0.6) is 0 Å². The highest BCUT2D eigenvalue weighted by atomic mass is 32.2. The predicted octanol–water partition coefficient (Wildman–Crippen LogP) is 2.22. The SMILES string of the molecule is Cc1ccc(C2NC(C#N)CS2)cc1. The molecule has 1 aromatic carbocycles. The fourth-order valence-electron chi connectivity index (χ4n) is 1.48. The average molecular weight is 204 g/mol. The highest BCUT2D eigenvalue weighted by Gasteiger charge is 2.24. The Kier molecular flexibility index (Phi) is 2.76. The summed E-state index contributed by atoms with van der Waals surface area (Å²) < 4.78 is 0. The first-order chi connectivity index (χ1) is 6.79. The number of rotatable bonds is 1. The molecule has 1 heterocycles. The van der Waals surface area contributed by atoms with E-state index in [0.29, 0.717) is 5.37 Å². The summed E-state index contributed by atoms with van der Waals surface area (Å²) in [5.41, 5.74) is 2.53. The van der Waals surface area contributed by atoms with Gasteiger partial charge in [-0.2, -0.15) is 5.26 Å². The number of nitrogens with zero attached hydrogens (tertiary/aromatic N) is 1. The largest absolute Gasteiger partial charge is 0.286 e. The number of nitriles is 1. The molecule has 2 nitrogen and oxygen atoms in total. The molecule has 14 heavy (non-hydrogen) atoms. The molecule has 2 atom stereocenters. The minimum Gasteiger partial charge on any atom is -0.286 e. The zero-order valence-corrected chi connectivity index (χ0v) is 8.84. The van der Waals surface area contributed by atoms with E-state index in [2.05, 4.69) is 42.6 Å². The molecule has 1 aromatic rings. The molecule has 1 N–H and O–H groups in total. The molecule has 0 amide bonds. The molecule has 0 bridgehead atoms. The lowest BCUT2D eigenvalue weighted by Crippen LogP contribution is -2.23. The van der Waals surface area contributed by atoms with Crippen LogP contribution >= 0.6 is 11.8 Å². The van der Waals surface area contributed by atoms with Gasteiger partial charge in [-0.1, -0.05) is 29.8 Å². The fraction of sp³-hybridized carbons (Fsp3) is 0.364. The zero-order valence-electron chi connectivity index (χ0n) is 8.03. The van der Waals surface area contributed by atoms with Gasteiger partial charge in [0.15, 0.2) is 0 Å². The minimum atomic E-state index is 0.00584. The Morgan fingerprint density at radius 2 is 2.14 bits per heavy atom. The van der Waals surface area contributed by atoms with E-state index >= 15 is 0 Å². The summed E-state index contributed by atoms with van der Waals surface area (Å²) in [6.45, 7) is 2.08. The molecular weight excluding hydrogens is 192 g/mol. The van der Waals surface area contributed by atoms with Crippen molar-refractivity contribution in [2.75, 3.05) is 5.75 Å². The summed E-state index contributed by atoms with van der Waals surface area (Å²) in [7, 11) is 0. The lowest BCUT2D eigenvalue weighted by molar-refractivity contribution is 0.671. The molecule has 0 aromatic heterocycles. The molecule has 0 spiro atoms. The van der Waals surface area contributed by atoms with Gasteiger partial charge in [-0.25, -0.2) is 0 Å². The van der Waals surface area contributed by atoms with Crippen molar-refractivity contribution in [1.82, 2.24) is 5.32 Å². The second-order valence-electron chi connectivity index (χ2n) is 3.47. The van der Waals surface area contributed by atoms with Crippen molar-refractivity contribution in [2.24, 2.45) is 0 Å². The third-order valence-electron chi connectivity index (χ3n) is 2.32. The number of benzene rings is 1. The van der Waals surface area contributed by atoms with Gasteiger partial charge in [0.05, 0.1) is 11.4 Å². The van der Waals surface area contributed by atoms with Crippen LogP contribution in [0.2, 0.25) is 0 Å². The summed E-state index contributed by atoms with van der Waals surface area (Å²) >= 11 is 1.80. The molecular formula is C11H12N2S. The first kappa shape index (κ1) is 9.57. The molecule has 2 unspecified atom stereocenters. The fourth-order valence-corrected chi connectivity index (χ4v) is 2.65. The summed E-state index contributed by atoms with van der Waals surface area (Å²) in [5.74, 6) is 0.884. The zero-order chi connectivity index (χ0) is 9.97. The van der Waals surface area contributed by atoms with E-state index in [1.165, 1.54) is 11.1 Å². The Balaban J connectivity index is 2.10. The standard InChI is InChI=1S/C11H12N2S/c1-8-2-4-9(5-3-8)11-13-10(6-12)7-14-11/h2-5,10-11,13H,7H2,1H3. The van der Waals surface area contributed by atoms with Crippen LogP contribution in [0.3, 0.4) is 0 Å². The van der Waals surface area contributed by atoms with Crippen molar-refractivity contribution in [3.63, 3.8) is 0 Å². The van der Waals surface area contributed by atoms with Crippen LogP contribution in [-0.2, 0) is 0 Å². The lowest BCUT2D eigenvalue weighted by atomic mass is 10.1. The maximum atomic E-state index is 8.75. The van der Waals surface area contributed by atoms with Crippen LogP contribution in [0.25, 0.3) is 0 Å². The van der Waals surface area contributed by atoms with Gasteiger partial charge in [-0.3, -0.25) is 5.32 Å². The minimum absolute atomic E-state index is 0.00584. The van der Waals surface area contributed by atoms with Crippen molar-refractivity contribution < 1.29 is 0 Å². The number of hydrogen-bond acceptors (Lipinski definition) is 3. The molecule has 3 heteroatoms. The van der Waals surface area contributed by atoms with Gasteiger partial charge in [0.25, 0.3) is 0 Å². The van der Waals surface area contributed by atoms with Gasteiger partial charge in [-0.05, 0) is 12.5 Å². The van der Waals surface area contributed by atoms with E-state index < -0.39 is 0 Å². The lowest BCUT2D eigenvalue weighted by Gasteiger charge is -2.10. The van der Waals surface area contributed by atoms with E-state index in [1.807, 2.05) is 0 Å². The van der Waals surface area contributed by atoms with E-state index in [-0.39, 0.29) is 6.04 Å². The van der Waals surface area contributed by atoms with Gasteiger partial charge >= 0.3 is 0 Å². The molecule has 72 valence electrons. The molecule has 0 aliphatic carbocycles. The van der Waals surface area contributed by atoms with Crippen LogP contribution in [0.15, 0.2) is 24.3 Å². The van der Waals surface area contributed by atoms with Gasteiger partial charge in [-0.15, -0.1) is 11.8 Å². The monoisotopic (exact) mass is 204 g/mol. The molecule has 2 rings (SSSR count). The van der Waals surface area contributed by atoms with Crippen molar-refractivity contribution >= 4 is 11.8 Å². The number of aryl methyl sites for hydroxylation is 1. The van der Waals surface area contributed by atoms with Crippen molar-refractivity contribution in [1.29, 1.82) is 5.26 Å². The Bertz CT molecular complexity index is 353. The second kappa shape index (κ2) is 4.04. The van der Waals surface area contributed by atoms with Gasteiger partial charge in [0.2, 0.25) is 0 Å². The number of nitrogens with one attached hydrogen (secondary N) is 1. The molecule has 0 radical (unpaired) electrons. The predicted molar refractivity (Wildman–Crippen MR) is 58.9 cm³/mol. The Hall–Kier alpha value is -0.980. The van der Waals surface area contributed by atoms with Crippen LogP contribution in [0.1, 0.15) is 16.5 Å². The Morgan fingerprint density at radius 1 is 1.43 bits per heavy atom. The summed E-state index contributed by atoms with van der Waals surface area (Å²) in [5, 5.41) is 12.3. The Labute approximate surface area is 88.3 Å². The van der Waals surface area contributed by atoms with E-state index in [9.17, 15) is 0 Å². The van der Waals surface area contributed by atoms with Crippen LogP contribution in [0, 0.1) is 18.3 Å². The first-order valence-electron chi connectivity index (χ1n) is 4.63. The van der Waals surface area contributed by atoms with Gasteiger partial charge in [0.1, 0.15) is 6.04 Å². The Morgan fingerprint density at radius 3 is 2.71 bits per heavy atom. The third-order valence-corrected chi connectivity index (χ3v) is 3.59. The normalized spacial score (nSPS) is 26.0. The van der Waals surface area contributed by atoms with Crippen LogP contribution in [0.4, 0.5) is 0 Å². The smallest absolute Gasteiger partial charge is 0.106 e. The highest BCUT2D eigenvalue weighted by Crippen LogP contribution is 2.32. The average Bonchev–Trinajstić information content (AvgIpc) is 2.67. The van der Waals surface area contributed by atoms with Crippen LogP contribution in [-0.4, -0.2) is 11.8 Å². The van der Waals surface area contributed by atoms with Gasteiger partial charge < -0.3 is 0 Å². The maximum absolute atomic E-state index is 8.75. The summed E-state index contributed by atoms with van der Waals surface area (Å²) in [4.78, 5) is 0. The molecule has 1 aliphatic heterocycles. The van der Waals surface area contributed by atoms with E-state index in [0.717, 1.165) is 5.75 Å². The molecule has 1 fully saturated rings. The third kappa shape index (κ3) is 1.92. The topological polar surface area (TPSA) is 35.8 Å². The van der Waals surface area contributed by atoms with E-state index in [1.54, 1.807) is 11.8 Å². The molecule has 1 saturated heterocycles. The van der Waals surface area contributed by atoms with E-state index in [4.69, 9.17) is 5.26 Å². The summed E-state index contributed by atoms with van der Waals surface area (Å²) in [6.07, 6.45) is 0. The number of hydrogen-bond donors (Lipinski definition) is 1. The van der Waals surface area contributed by atoms with Crippen molar-refractivity contribution in [3.05, 3.63) is 35.4 Å². The van der Waals surface area contributed by atoms with Crippen LogP contribution < -0.4 is 5.32 Å².